The molecule has 1 atom stereocenters. The maximum Gasteiger partial charge on any atom is 0.224 e. The summed E-state index contributed by atoms with van der Waals surface area (Å²) >= 11 is 11.9. The number of hydrogen-bond acceptors (Lipinski definition) is 3. The summed E-state index contributed by atoms with van der Waals surface area (Å²) in [7, 11) is 0. The van der Waals surface area contributed by atoms with Crippen LogP contribution in [0.4, 0.5) is 0 Å². The summed E-state index contributed by atoms with van der Waals surface area (Å²) in [6.07, 6.45) is 1.64. The van der Waals surface area contributed by atoms with Crippen molar-refractivity contribution in [3.8, 4) is 11.6 Å². The van der Waals surface area contributed by atoms with E-state index in [0.29, 0.717) is 21.7 Å². The lowest BCUT2D eigenvalue weighted by molar-refractivity contribution is 0.452. The topological polar surface area (TPSA) is 48.1 Å². The fraction of sp³-hybridized carbons (Fsp3) is 0.154. The monoisotopic (exact) mass is 282 g/mol. The van der Waals surface area contributed by atoms with Crippen LogP contribution in [-0.2, 0) is 0 Å². The van der Waals surface area contributed by atoms with E-state index in [0.717, 1.165) is 5.56 Å². The Morgan fingerprint density at radius 3 is 2.78 bits per heavy atom. The molecular formula is C13H12Cl2N2O. The second-order valence-corrected chi connectivity index (χ2v) is 4.71. The number of rotatable bonds is 3. The van der Waals surface area contributed by atoms with Gasteiger partial charge in [-0.15, -0.1) is 0 Å². The minimum Gasteiger partial charge on any atom is -0.437 e. The van der Waals surface area contributed by atoms with E-state index >= 15 is 0 Å². The van der Waals surface area contributed by atoms with Crippen LogP contribution in [0, 0.1) is 0 Å². The Hall–Kier alpha value is -1.29. The van der Waals surface area contributed by atoms with Crippen molar-refractivity contribution in [2.24, 2.45) is 5.73 Å². The summed E-state index contributed by atoms with van der Waals surface area (Å²) < 4.78 is 5.67. The zero-order valence-electron chi connectivity index (χ0n) is 9.73. The molecule has 0 aliphatic rings. The van der Waals surface area contributed by atoms with Gasteiger partial charge >= 0.3 is 0 Å². The van der Waals surface area contributed by atoms with Gasteiger partial charge in [-0.2, -0.15) is 0 Å². The van der Waals surface area contributed by atoms with Crippen LogP contribution in [0.25, 0.3) is 0 Å². The molecule has 18 heavy (non-hydrogen) atoms. The highest BCUT2D eigenvalue weighted by Gasteiger charge is 2.11. The molecule has 0 radical (unpaired) electrons. The predicted molar refractivity (Wildman–Crippen MR) is 73.4 cm³/mol. The van der Waals surface area contributed by atoms with Crippen molar-refractivity contribution in [3.05, 3.63) is 52.1 Å². The van der Waals surface area contributed by atoms with Crippen molar-refractivity contribution < 1.29 is 4.74 Å². The van der Waals surface area contributed by atoms with Crippen LogP contribution in [0.1, 0.15) is 18.5 Å². The zero-order chi connectivity index (χ0) is 13.1. The van der Waals surface area contributed by atoms with Crippen molar-refractivity contribution >= 4 is 23.2 Å². The van der Waals surface area contributed by atoms with E-state index in [4.69, 9.17) is 33.7 Å². The molecule has 94 valence electrons. The van der Waals surface area contributed by atoms with Crippen LogP contribution < -0.4 is 10.5 Å². The molecule has 0 fully saturated rings. The number of ether oxygens (including phenoxy) is 1. The summed E-state index contributed by atoms with van der Waals surface area (Å²) in [5.41, 5.74) is 6.67. The molecule has 0 spiro atoms. The van der Waals surface area contributed by atoms with E-state index in [9.17, 15) is 0 Å². The van der Waals surface area contributed by atoms with Crippen LogP contribution in [-0.4, -0.2) is 4.98 Å². The van der Waals surface area contributed by atoms with Crippen molar-refractivity contribution in [3.63, 3.8) is 0 Å². The van der Waals surface area contributed by atoms with Gasteiger partial charge in [-0.25, -0.2) is 4.98 Å². The van der Waals surface area contributed by atoms with Gasteiger partial charge < -0.3 is 10.5 Å². The molecule has 0 saturated heterocycles. The summed E-state index contributed by atoms with van der Waals surface area (Å²) in [5.74, 6) is 0.904. The Balaban J connectivity index is 2.37. The summed E-state index contributed by atoms with van der Waals surface area (Å²) in [6.45, 7) is 1.86. The standard InChI is InChI=1S/C13H12Cl2N2O/c1-8(16)10-3-2-6-17-13(10)18-12-7-9(14)4-5-11(12)15/h2-8H,16H2,1H3/t8-/m0/s1. The number of pyridine rings is 1. The Kier molecular flexibility index (Phi) is 4.07. The molecule has 0 aliphatic carbocycles. The molecule has 0 bridgehead atoms. The van der Waals surface area contributed by atoms with Gasteiger partial charge in [0, 0.05) is 28.9 Å². The fourth-order valence-electron chi connectivity index (χ4n) is 1.49. The van der Waals surface area contributed by atoms with Gasteiger partial charge in [-0.3, -0.25) is 0 Å². The Bertz CT molecular complexity index is 558. The minimum absolute atomic E-state index is 0.174. The highest BCUT2D eigenvalue weighted by atomic mass is 35.5. The van der Waals surface area contributed by atoms with Gasteiger partial charge in [0.15, 0.2) is 0 Å². The molecule has 2 rings (SSSR count). The molecule has 1 heterocycles. The average molecular weight is 283 g/mol. The Morgan fingerprint density at radius 1 is 1.28 bits per heavy atom. The molecule has 0 saturated carbocycles. The summed E-state index contributed by atoms with van der Waals surface area (Å²) in [6, 6.07) is 8.52. The van der Waals surface area contributed by atoms with E-state index in [1.165, 1.54) is 0 Å². The lowest BCUT2D eigenvalue weighted by Crippen LogP contribution is -2.07. The summed E-state index contributed by atoms with van der Waals surface area (Å²) in [5, 5.41) is 1.02. The first-order chi connectivity index (χ1) is 8.58. The third kappa shape index (κ3) is 2.93. The maximum absolute atomic E-state index is 6.04. The van der Waals surface area contributed by atoms with E-state index in [1.54, 1.807) is 24.4 Å². The Morgan fingerprint density at radius 2 is 2.06 bits per heavy atom. The van der Waals surface area contributed by atoms with Crippen molar-refractivity contribution in [2.45, 2.75) is 13.0 Å². The highest BCUT2D eigenvalue weighted by molar-refractivity contribution is 6.34. The molecule has 1 aromatic heterocycles. The number of nitrogens with zero attached hydrogens (tertiary/aromatic N) is 1. The zero-order valence-corrected chi connectivity index (χ0v) is 11.2. The van der Waals surface area contributed by atoms with E-state index < -0.39 is 0 Å². The second-order valence-electron chi connectivity index (χ2n) is 3.86. The molecule has 0 unspecified atom stereocenters. The van der Waals surface area contributed by atoms with Crippen LogP contribution in [0.5, 0.6) is 11.6 Å². The first kappa shape index (κ1) is 13.1. The van der Waals surface area contributed by atoms with Gasteiger partial charge in [0.25, 0.3) is 0 Å². The molecule has 2 aromatic rings. The number of benzene rings is 1. The van der Waals surface area contributed by atoms with Gasteiger partial charge in [0.1, 0.15) is 5.75 Å². The normalized spacial score (nSPS) is 12.2. The quantitative estimate of drug-likeness (QED) is 0.918. The number of nitrogens with two attached hydrogens (primary N) is 1. The van der Waals surface area contributed by atoms with Crippen molar-refractivity contribution in [1.29, 1.82) is 0 Å². The van der Waals surface area contributed by atoms with E-state index in [2.05, 4.69) is 4.98 Å². The SMILES string of the molecule is C[C@H](N)c1cccnc1Oc1cc(Cl)ccc1Cl. The van der Waals surface area contributed by atoms with Gasteiger partial charge in [0.2, 0.25) is 5.88 Å². The first-order valence-corrected chi connectivity index (χ1v) is 6.17. The van der Waals surface area contributed by atoms with E-state index in [-0.39, 0.29) is 6.04 Å². The lowest BCUT2D eigenvalue weighted by atomic mass is 10.1. The molecule has 0 amide bonds. The maximum atomic E-state index is 6.04. The van der Waals surface area contributed by atoms with Crippen molar-refractivity contribution in [1.82, 2.24) is 4.98 Å². The van der Waals surface area contributed by atoms with Gasteiger partial charge in [-0.05, 0) is 25.1 Å². The van der Waals surface area contributed by atoms with E-state index in [1.807, 2.05) is 19.1 Å². The Labute approximate surface area is 115 Å². The largest absolute Gasteiger partial charge is 0.437 e. The van der Waals surface area contributed by atoms with Crippen molar-refractivity contribution in [2.75, 3.05) is 0 Å². The third-order valence-corrected chi connectivity index (χ3v) is 2.94. The fourth-order valence-corrected chi connectivity index (χ4v) is 1.81. The van der Waals surface area contributed by atoms with Crippen LogP contribution >= 0.6 is 23.2 Å². The van der Waals surface area contributed by atoms with Crippen LogP contribution in [0.2, 0.25) is 10.0 Å². The minimum atomic E-state index is -0.174. The molecular weight excluding hydrogens is 271 g/mol. The number of hydrogen-bond donors (Lipinski definition) is 1. The molecule has 0 aliphatic heterocycles. The number of halogens is 2. The second kappa shape index (κ2) is 5.57. The third-order valence-electron chi connectivity index (χ3n) is 2.39. The van der Waals surface area contributed by atoms with Gasteiger partial charge in [0.05, 0.1) is 5.02 Å². The lowest BCUT2D eigenvalue weighted by Gasteiger charge is -2.13. The molecule has 2 N–H and O–H groups in total. The highest BCUT2D eigenvalue weighted by Crippen LogP contribution is 2.33. The predicted octanol–water partition coefficient (Wildman–Crippen LogP) is 4.20. The smallest absolute Gasteiger partial charge is 0.224 e. The summed E-state index contributed by atoms with van der Waals surface area (Å²) in [4.78, 5) is 4.16. The van der Waals surface area contributed by atoms with Gasteiger partial charge in [-0.1, -0.05) is 29.3 Å². The van der Waals surface area contributed by atoms with Crippen LogP contribution in [0.15, 0.2) is 36.5 Å². The number of aromatic nitrogens is 1. The first-order valence-electron chi connectivity index (χ1n) is 5.41. The average Bonchev–Trinajstić information content (AvgIpc) is 2.34. The molecule has 3 nitrogen and oxygen atoms in total. The van der Waals surface area contributed by atoms with Crippen LogP contribution in [0.3, 0.4) is 0 Å². The molecule has 5 heteroatoms. The molecule has 1 aromatic carbocycles.